The van der Waals surface area contributed by atoms with E-state index in [0.717, 1.165) is 0 Å². The number of aryl methyl sites for hydroxylation is 1. The monoisotopic (exact) mass is 550 g/mol. The molecule has 0 saturated carbocycles. The van der Waals surface area contributed by atoms with Gasteiger partial charge in [0.1, 0.15) is 0 Å². The van der Waals surface area contributed by atoms with Crippen molar-refractivity contribution in [1.29, 1.82) is 0 Å². The van der Waals surface area contributed by atoms with Crippen LogP contribution in [0.1, 0.15) is 11.1 Å². The normalized spacial score (nSPS) is 11.2. The van der Waals surface area contributed by atoms with E-state index in [4.69, 9.17) is 0 Å². The van der Waals surface area contributed by atoms with Gasteiger partial charge in [0.25, 0.3) is 0 Å². The molecular formula is C38H32P2. The molecule has 6 rings (SSSR count). The molecule has 6 aromatic rings. The van der Waals surface area contributed by atoms with Crippen LogP contribution < -0.4 is 31.8 Å². The molecule has 0 bridgehead atoms. The van der Waals surface area contributed by atoms with Crippen LogP contribution >= 0.6 is 15.8 Å². The summed E-state index contributed by atoms with van der Waals surface area (Å²) in [4.78, 5) is 0. The predicted octanol–water partition coefficient (Wildman–Crippen LogP) is 7.49. The maximum absolute atomic E-state index is 2.40. The second-order valence-electron chi connectivity index (χ2n) is 9.93. The Balaban J connectivity index is 1.64. The Morgan fingerprint density at radius 2 is 0.725 bits per heavy atom. The second-order valence-corrected chi connectivity index (χ2v) is 14.3. The first-order valence-corrected chi connectivity index (χ1v) is 16.4. The quantitative estimate of drug-likeness (QED) is 0.181. The van der Waals surface area contributed by atoms with Crippen molar-refractivity contribution in [3.63, 3.8) is 0 Å². The molecule has 2 heteroatoms. The van der Waals surface area contributed by atoms with Gasteiger partial charge < -0.3 is 0 Å². The van der Waals surface area contributed by atoms with E-state index < -0.39 is 15.8 Å². The van der Waals surface area contributed by atoms with Crippen molar-refractivity contribution in [2.75, 3.05) is 0 Å². The highest BCUT2D eigenvalue weighted by Gasteiger charge is 2.26. The highest BCUT2D eigenvalue weighted by atomic mass is 31.1. The van der Waals surface area contributed by atoms with Crippen molar-refractivity contribution in [1.82, 2.24) is 0 Å². The molecule has 0 aliphatic carbocycles. The molecule has 0 aromatic heterocycles. The van der Waals surface area contributed by atoms with Crippen LogP contribution in [0, 0.1) is 13.8 Å². The van der Waals surface area contributed by atoms with Crippen molar-refractivity contribution in [2.24, 2.45) is 0 Å². The zero-order valence-electron chi connectivity index (χ0n) is 22.9. The minimum absolute atomic E-state index is 0.745. The van der Waals surface area contributed by atoms with Crippen LogP contribution in [0.25, 0.3) is 11.1 Å². The number of rotatable bonds is 7. The van der Waals surface area contributed by atoms with Gasteiger partial charge in [0.15, 0.2) is 0 Å². The average Bonchev–Trinajstić information content (AvgIpc) is 3.02. The number of hydrogen-bond acceptors (Lipinski definition) is 0. The van der Waals surface area contributed by atoms with Gasteiger partial charge in [-0.05, 0) is 83.8 Å². The lowest BCUT2D eigenvalue weighted by atomic mass is 9.97. The highest BCUT2D eigenvalue weighted by molar-refractivity contribution is 7.80. The van der Waals surface area contributed by atoms with E-state index in [9.17, 15) is 0 Å². The SMILES string of the molecule is Cc1ccc(P(c2ccccc2)c2ccccc2)c(-c2ccccc2P(c2ccccc2)c2ccccc2)c1C. The smallest absolute Gasteiger partial charge is 0.00617 e. The minimum Gasteiger partial charge on any atom is -0.0622 e. The van der Waals surface area contributed by atoms with Gasteiger partial charge in [0.05, 0.1) is 0 Å². The lowest BCUT2D eigenvalue weighted by Crippen LogP contribution is -2.26. The van der Waals surface area contributed by atoms with Crippen molar-refractivity contribution < 1.29 is 0 Å². The molecule has 0 saturated heterocycles. The Bertz CT molecular complexity index is 1620. The molecule has 0 nitrogen and oxygen atoms in total. The van der Waals surface area contributed by atoms with Gasteiger partial charge in [-0.15, -0.1) is 0 Å². The lowest BCUT2D eigenvalue weighted by molar-refractivity contribution is 1.35. The summed E-state index contributed by atoms with van der Waals surface area (Å²) in [5, 5.41) is 8.31. The summed E-state index contributed by atoms with van der Waals surface area (Å²) in [6.45, 7) is 4.55. The fourth-order valence-corrected chi connectivity index (χ4v) is 10.4. The Morgan fingerprint density at radius 1 is 0.350 bits per heavy atom. The maximum Gasteiger partial charge on any atom is -0.00617 e. The van der Waals surface area contributed by atoms with Gasteiger partial charge >= 0.3 is 0 Å². The lowest BCUT2D eigenvalue weighted by Gasteiger charge is -2.28. The molecule has 0 spiro atoms. The zero-order valence-corrected chi connectivity index (χ0v) is 24.7. The van der Waals surface area contributed by atoms with Crippen LogP contribution in [0.2, 0.25) is 0 Å². The molecule has 194 valence electrons. The third-order valence-electron chi connectivity index (χ3n) is 7.43. The third-order valence-corrected chi connectivity index (χ3v) is 12.4. The largest absolute Gasteiger partial charge is 0.0622 e. The first-order valence-electron chi connectivity index (χ1n) is 13.7. The fourth-order valence-electron chi connectivity index (χ4n) is 5.37. The topological polar surface area (TPSA) is 0 Å². The van der Waals surface area contributed by atoms with E-state index in [0.29, 0.717) is 0 Å². The number of benzene rings is 6. The summed E-state index contributed by atoms with van der Waals surface area (Å²) in [5.41, 5.74) is 5.42. The summed E-state index contributed by atoms with van der Waals surface area (Å²) in [5.74, 6) is 0. The van der Waals surface area contributed by atoms with Gasteiger partial charge in [-0.1, -0.05) is 158 Å². The first kappa shape index (κ1) is 26.4. The molecule has 0 amide bonds. The first-order chi connectivity index (χ1) is 19.7. The molecular weight excluding hydrogens is 518 g/mol. The summed E-state index contributed by atoms with van der Waals surface area (Å²) in [7, 11) is -1.50. The predicted molar refractivity (Wildman–Crippen MR) is 179 cm³/mol. The highest BCUT2D eigenvalue weighted by Crippen LogP contribution is 2.42. The molecule has 0 unspecified atom stereocenters. The summed E-state index contributed by atoms with van der Waals surface area (Å²) >= 11 is 0. The second kappa shape index (κ2) is 12.1. The maximum atomic E-state index is 2.40. The van der Waals surface area contributed by atoms with Gasteiger partial charge in [-0.25, -0.2) is 0 Å². The zero-order chi connectivity index (χ0) is 27.3. The molecule has 0 atom stereocenters. The van der Waals surface area contributed by atoms with Gasteiger partial charge in [0.2, 0.25) is 0 Å². The minimum atomic E-state index is -0.752. The standard InChI is InChI=1S/C38H32P2/c1-29-27-28-37(40(33-21-11-5-12-22-33)34-23-13-6-14-24-34)38(30(29)2)35-25-15-16-26-36(35)39(31-17-7-3-8-18-31)32-19-9-4-10-20-32/h3-28H,1-2H3. The van der Waals surface area contributed by atoms with Gasteiger partial charge in [-0.3, -0.25) is 0 Å². The van der Waals surface area contributed by atoms with Crippen molar-refractivity contribution in [2.45, 2.75) is 13.8 Å². The van der Waals surface area contributed by atoms with Crippen LogP contribution in [-0.4, -0.2) is 0 Å². The summed E-state index contributed by atoms with van der Waals surface area (Å²) in [6, 6.07) is 58.0. The van der Waals surface area contributed by atoms with Crippen LogP contribution in [0.4, 0.5) is 0 Å². The molecule has 0 N–H and O–H groups in total. The van der Waals surface area contributed by atoms with Crippen molar-refractivity contribution in [3.05, 3.63) is 169 Å². The van der Waals surface area contributed by atoms with E-state index in [2.05, 4.69) is 172 Å². The molecule has 0 aliphatic rings. The number of hydrogen-bond donors (Lipinski definition) is 0. The third kappa shape index (κ3) is 5.31. The molecule has 0 heterocycles. The molecule has 0 fully saturated rings. The summed E-state index contributed by atoms with van der Waals surface area (Å²) in [6.07, 6.45) is 0. The van der Waals surface area contributed by atoms with Gasteiger partial charge in [0, 0.05) is 0 Å². The molecule has 0 aliphatic heterocycles. The Hall–Kier alpha value is -3.82. The van der Waals surface area contributed by atoms with E-state index in [1.165, 1.54) is 54.1 Å². The Labute approximate surface area is 240 Å². The van der Waals surface area contributed by atoms with E-state index in [-0.39, 0.29) is 0 Å². The fraction of sp³-hybridized carbons (Fsp3) is 0.0526. The molecule has 0 radical (unpaired) electrons. The van der Waals surface area contributed by atoms with E-state index in [1.54, 1.807) is 0 Å². The van der Waals surface area contributed by atoms with E-state index >= 15 is 0 Å². The van der Waals surface area contributed by atoms with Crippen LogP contribution in [0.15, 0.2) is 158 Å². The molecule has 40 heavy (non-hydrogen) atoms. The Morgan fingerprint density at radius 3 is 1.18 bits per heavy atom. The van der Waals surface area contributed by atoms with Crippen LogP contribution in [0.3, 0.4) is 0 Å². The summed E-state index contributed by atoms with van der Waals surface area (Å²) < 4.78 is 0. The van der Waals surface area contributed by atoms with Crippen LogP contribution in [-0.2, 0) is 0 Å². The van der Waals surface area contributed by atoms with Crippen molar-refractivity contribution >= 4 is 47.7 Å². The average molecular weight is 551 g/mol. The molecule has 6 aromatic carbocycles. The van der Waals surface area contributed by atoms with Crippen molar-refractivity contribution in [3.8, 4) is 11.1 Å². The Kier molecular flexibility index (Phi) is 8.02. The van der Waals surface area contributed by atoms with Gasteiger partial charge in [-0.2, -0.15) is 0 Å². The van der Waals surface area contributed by atoms with Crippen LogP contribution in [0.5, 0.6) is 0 Å². The van der Waals surface area contributed by atoms with E-state index in [1.807, 2.05) is 0 Å².